The second kappa shape index (κ2) is 8.34. The molecular formula is C14H22ClN3O3S2. The van der Waals surface area contributed by atoms with Crippen LogP contribution in [0.5, 0.6) is 0 Å². The summed E-state index contributed by atoms with van der Waals surface area (Å²) in [6.45, 7) is 0.546. The van der Waals surface area contributed by atoms with Crippen LogP contribution >= 0.6 is 24.2 Å². The molecule has 0 saturated carbocycles. The molecule has 0 saturated heterocycles. The first-order chi connectivity index (χ1) is 10.4. The molecule has 9 heteroatoms. The third-order valence-corrected chi connectivity index (χ3v) is 5.80. The second-order valence-electron chi connectivity index (χ2n) is 5.13. The Morgan fingerprint density at radius 3 is 2.78 bits per heavy atom. The molecule has 1 aliphatic heterocycles. The number of nitrogens with zero attached hydrogens (tertiary/aromatic N) is 1. The van der Waals surface area contributed by atoms with Crippen molar-refractivity contribution in [2.75, 3.05) is 30.5 Å². The SMILES string of the molecule is CNS(=O)(=O)c1ccc2c(c1)N(C(=O)[C@@H](N)CCSC)CC2.Cl. The maximum Gasteiger partial charge on any atom is 0.243 e. The summed E-state index contributed by atoms with van der Waals surface area (Å²) < 4.78 is 26.1. The molecule has 1 aliphatic rings. The number of carbonyl (C=O) groups is 1. The van der Waals surface area contributed by atoms with Crippen LogP contribution in [0.2, 0.25) is 0 Å². The van der Waals surface area contributed by atoms with Crippen LogP contribution in [-0.4, -0.2) is 46.0 Å². The van der Waals surface area contributed by atoms with E-state index in [9.17, 15) is 13.2 Å². The quantitative estimate of drug-likeness (QED) is 0.768. The summed E-state index contributed by atoms with van der Waals surface area (Å²) in [7, 11) is -2.16. The van der Waals surface area contributed by atoms with Gasteiger partial charge in [0.05, 0.1) is 10.9 Å². The van der Waals surface area contributed by atoms with Crippen LogP contribution in [0.3, 0.4) is 0 Å². The van der Waals surface area contributed by atoms with Crippen LogP contribution < -0.4 is 15.4 Å². The Hall–Kier alpha value is -0.800. The number of halogens is 1. The molecule has 3 N–H and O–H groups in total. The molecule has 0 aromatic heterocycles. The van der Waals surface area contributed by atoms with Gasteiger partial charge in [-0.25, -0.2) is 13.1 Å². The minimum atomic E-state index is -3.53. The molecule has 0 aliphatic carbocycles. The lowest BCUT2D eigenvalue weighted by Gasteiger charge is -2.22. The van der Waals surface area contributed by atoms with Gasteiger partial charge in [0.1, 0.15) is 0 Å². The number of carbonyl (C=O) groups excluding carboxylic acids is 1. The van der Waals surface area contributed by atoms with E-state index in [0.29, 0.717) is 18.7 Å². The Balaban J connectivity index is 0.00000264. The molecule has 0 fully saturated rings. The summed E-state index contributed by atoms with van der Waals surface area (Å²) in [5, 5.41) is 0. The molecule has 1 atom stereocenters. The highest BCUT2D eigenvalue weighted by atomic mass is 35.5. The predicted molar refractivity (Wildman–Crippen MR) is 97.0 cm³/mol. The molecule has 1 aromatic carbocycles. The highest BCUT2D eigenvalue weighted by molar-refractivity contribution is 7.98. The van der Waals surface area contributed by atoms with Gasteiger partial charge in [0.15, 0.2) is 0 Å². The van der Waals surface area contributed by atoms with Crippen molar-refractivity contribution in [2.24, 2.45) is 5.73 Å². The zero-order valence-corrected chi connectivity index (χ0v) is 15.6. The van der Waals surface area contributed by atoms with Crippen molar-refractivity contribution in [3.63, 3.8) is 0 Å². The highest BCUT2D eigenvalue weighted by Gasteiger charge is 2.29. The summed E-state index contributed by atoms with van der Waals surface area (Å²) in [6, 6.07) is 4.32. The van der Waals surface area contributed by atoms with Gasteiger partial charge >= 0.3 is 0 Å². The Bertz CT molecular complexity index is 667. The van der Waals surface area contributed by atoms with Crippen LogP contribution in [-0.2, 0) is 21.2 Å². The van der Waals surface area contributed by atoms with Crippen LogP contribution in [0, 0.1) is 0 Å². The zero-order valence-electron chi connectivity index (χ0n) is 13.1. The standard InChI is InChI=1S/C14H21N3O3S2.ClH/c1-16-22(19,20)11-4-3-10-5-7-17(13(10)9-11)14(18)12(15)6-8-21-2;/h3-4,9,12,16H,5-8,15H2,1-2H3;1H/t12-;/m0./s1. The average molecular weight is 380 g/mol. The minimum absolute atomic E-state index is 0. The predicted octanol–water partition coefficient (Wildman–Crippen LogP) is 0.986. The van der Waals surface area contributed by atoms with E-state index < -0.39 is 16.1 Å². The number of nitrogens with one attached hydrogen (secondary N) is 1. The first-order valence-electron chi connectivity index (χ1n) is 7.03. The number of nitrogens with two attached hydrogens (primary N) is 1. The van der Waals surface area contributed by atoms with E-state index in [-0.39, 0.29) is 23.2 Å². The first-order valence-corrected chi connectivity index (χ1v) is 9.90. The third-order valence-electron chi connectivity index (χ3n) is 3.75. The average Bonchev–Trinajstić information content (AvgIpc) is 2.94. The van der Waals surface area contributed by atoms with Crippen molar-refractivity contribution in [1.82, 2.24) is 4.72 Å². The van der Waals surface area contributed by atoms with Crippen LogP contribution in [0.15, 0.2) is 23.1 Å². The highest BCUT2D eigenvalue weighted by Crippen LogP contribution is 2.31. The number of hydrogen-bond acceptors (Lipinski definition) is 5. The van der Waals surface area contributed by atoms with Gasteiger partial charge in [0.2, 0.25) is 15.9 Å². The number of sulfonamides is 1. The Labute approximate surface area is 147 Å². The summed E-state index contributed by atoms with van der Waals surface area (Å²) in [5.74, 6) is 0.675. The number of hydrogen-bond donors (Lipinski definition) is 2. The number of amides is 1. The van der Waals surface area contributed by atoms with E-state index >= 15 is 0 Å². The van der Waals surface area contributed by atoms with Crippen LogP contribution in [0.1, 0.15) is 12.0 Å². The van der Waals surface area contributed by atoms with Crippen molar-refractivity contribution in [3.05, 3.63) is 23.8 Å². The van der Waals surface area contributed by atoms with Gasteiger partial charge in [-0.05, 0) is 49.6 Å². The number of fused-ring (bicyclic) bond motifs is 1. The van der Waals surface area contributed by atoms with Gasteiger partial charge in [0, 0.05) is 12.2 Å². The maximum absolute atomic E-state index is 12.5. The second-order valence-corrected chi connectivity index (χ2v) is 8.00. The number of benzene rings is 1. The third kappa shape index (κ3) is 4.39. The van der Waals surface area contributed by atoms with Crippen molar-refractivity contribution in [1.29, 1.82) is 0 Å². The lowest BCUT2D eigenvalue weighted by molar-refractivity contribution is -0.119. The number of rotatable bonds is 6. The summed E-state index contributed by atoms with van der Waals surface area (Å²) in [5.41, 5.74) is 7.58. The lowest BCUT2D eigenvalue weighted by atomic mass is 10.1. The van der Waals surface area contributed by atoms with Gasteiger partial charge in [-0.2, -0.15) is 11.8 Å². The molecule has 0 spiro atoms. The number of thioether (sulfide) groups is 1. The van der Waals surface area contributed by atoms with Gasteiger partial charge in [-0.3, -0.25) is 4.79 Å². The normalized spacial score (nSPS) is 15.0. The largest absolute Gasteiger partial charge is 0.320 e. The van der Waals surface area contributed by atoms with E-state index in [4.69, 9.17) is 5.73 Å². The molecule has 2 rings (SSSR count). The zero-order chi connectivity index (χ0) is 16.3. The van der Waals surface area contributed by atoms with Gasteiger partial charge in [-0.1, -0.05) is 6.07 Å². The smallest absolute Gasteiger partial charge is 0.243 e. The monoisotopic (exact) mass is 379 g/mol. The fraction of sp³-hybridized carbons (Fsp3) is 0.500. The molecule has 0 radical (unpaired) electrons. The molecule has 0 bridgehead atoms. The Morgan fingerprint density at radius 2 is 2.17 bits per heavy atom. The Kier molecular flexibility index (Phi) is 7.34. The summed E-state index contributed by atoms with van der Waals surface area (Å²) in [4.78, 5) is 14.2. The van der Waals surface area contributed by atoms with E-state index in [1.54, 1.807) is 34.9 Å². The maximum atomic E-state index is 12.5. The fourth-order valence-corrected chi connectivity index (χ4v) is 3.68. The summed E-state index contributed by atoms with van der Waals surface area (Å²) >= 11 is 1.65. The Morgan fingerprint density at radius 1 is 1.48 bits per heavy atom. The van der Waals surface area contributed by atoms with Crippen molar-refractivity contribution < 1.29 is 13.2 Å². The van der Waals surface area contributed by atoms with Crippen molar-refractivity contribution >= 4 is 45.8 Å². The molecule has 0 unspecified atom stereocenters. The van der Waals surface area contributed by atoms with E-state index in [0.717, 1.165) is 17.7 Å². The molecule has 1 heterocycles. The van der Waals surface area contributed by atoms with Gasteiger partial charge in [-0.15, -0.1) is 12.4 Å². The van der Waals surface area contributed by atoms with Gasteiger partial charge in [0.25, 0.3) is 0 Å². The summed E-state index contributed by atoms with van der Waals surface area (Å²) in [6.07, 6.45) is 3.30. The first kappa shape index (κ1) is 20.2. The topological polar surface area (TPSA) is 92.5 Å². The lowest BCUT2D eigenvalue weighted by Crippen LogP contribution is -2.43. The molecule has 1 amide bonds. The minimum Gasteiger partial charge on any atom is -0.320 e. The molecule has 130 valence electrons. The molecular weight excluding hydrogens is 358 g/mol. The van der Waals surface area contributed by atoms with Gasteiger partial charge < -0.3 is 10.6 Å². The molecule has 23 heavy (non-hydrogen) atoms. The van der Waals surface area contributed by atoms with Crippen LogP contribution in [0.4, 0.5) is 5.69 Å². The van der Waals surface area contributed by atoms with E-state index in [1.165, 1.54) is 7.05 Å². The van der Waals surface area contributed by atoms with Crippen molar-refractivity contribution in [2.45, 2.75) is 23.8 Å². The van der Waals surface area contributed by atoms with E-state index in [2.05, 4.69) is 4.72 Å². The fourth-order valence-electron chi connectivity index (χ4n) is 2.44. The van der Waals surface area contributed by atoms with Crippen molar-refractivity contribution in [3.8, 4) is 0 Å². The van der Waals surface area contributed by atoms with E-state index in [1.807, 2.05) is 6.26 Å². The van der Waals surface area contributed by atoms with Crippen LogP contribution in [0.25, 0.3) is 0 Å². The molecule has 6 nitrogen and oxygen atoms in total. The molecule has 1 aromatic rings. The number of anilines is 1.